The van der Waals surface area contributed by atoms with E-state index in [9.17, 15) is 9.59 Å². The molecule has 1 aliphatic heterocycles. The fraction of sp³-hybridized carbons (Fsp3) is 0.240. The number of benzene rings is 2. The van der Waals surface area contributed by atoms with Crippen molar-refractivity contribution in [1.29, 1.82) is 0 Å². The lowest BCUT2D eigenvalue weighted by atomic mass is 10.1. The van der Waals surface area contributed by atoms with Crippen molar-refractivity contribution in [1.82, 2.24) is 10.3 Å². The molecule has 0 radical (unpaired) electrons. The number of aryl methyl sites for hydroxylation is 2. The van der Waals surface area contributed by atoms with E-state index in [2.05, 4.69) is 10.3 Å². The summed E-state index contributed by atoms with van der Waals surface area (Å²) in [6, 6.07) is 15.2. The van der Waals surface area contributed by atoms with E-state index >= 15 is 0 Å². The van der Waals surface area contributed by atoms with E-state index in [4.69, 9.17) is 4.74 Å². The van der Waals surface area contributed by atoms with Crippen LogP contribution in [0.4, 0.5) is 5.69 Å². The van der Waals surface area contributed by atoms with E-state index in [1.54, 1.807) is 30.2 Å². The highest BCUT2D eigenvalue weighted by atomic mass is 16.5. The van der Waals surface area contributed by atoms with Gasteiger partial charge in [-0.05, 0) is 66.8 Å². The number of nitrogens with zero attached hydrogens (tertiary/aromatic N) is 2. The molecule has 0 saturated carbocycles. The van der Waals surface area contributed by atoms with Crippen molar-refractivity contribution in [3.8, 4) is 11.6 Å². The fourth-order valence-corrected chi connectivity index (χ4v) is 3.66. The zero-order valence-corrected chi connectivity index (χ0v) is 17.9. The van der Waals surface area contributed by atoms with Gasteiger partial charge in [0.25, 0.3) is 5.91 Å². The third-order valence-electron chi connectivity index (χ3n) is 5.43. The van der Waals surface area contributed by atoms with Crippen LogP contribution in [-0.4, -0.2) is 23.3 Å². The van der Waals surface area contributed by atoms with Gasteiger partial charge in [0.15, 0.2) is 0 Å². The first-order valence-corrected chi connectivity index (χ1v) is 10.3. The van der Waals surface area contributed by atoms with Crippen LogP contribution in [0.1, 0.15) is 39.5 Å². The molecule has 1 aliphatic rings. The molecule has 6 heteroatoms. The van der Waals surface area contributed by atoms with Gasteiger partial charge in [0.2, 0.25) is 11.8 Å². The molecule has 1 N–H and O–H groups in total. The van der Waals surface area contributed by atoms with Crippen LogP contribution in [0.15, 0.2) is 54.7 Å². The van der Waals surface area contributed by atoms with Crippen molar-refractivity contribution in [3.63, 3.8) is 0 Å². The average molecular weight is 415 g/mol. The number of ether oxygens (including phenoxy) is 1. The predicted molar refractivity (Wildman–Crippen MR) is 120 cm³/mol. The monoisotopic (exact) mass is 415 g/mol. The van der Waals surface area contributed by atoms with E-state index in [-0.39, 0.29) is 11.8 Å². The average Bonchev–Trinajstić information content (AvgIpc) is 3.19. The van der Waals surface area contributed by atoms with Gasteiger partial charge in [-0.2, -0.15) is 0 Å². The summed E-state index contributed by atoms with van der Waals surface area (Å²) in [5.41, 5.74) is 5.56. The topological polar surface area (TPSA) is 71.5 Å². The molecular weight excluding hydrogens is 390 g/mol. The lowest BCUT2D eigenvalue weighted by Gasteiger charge is -2.14. The molecule has 2 aromatic carbocycles. The molecule has 3 aromatic rings. The zero-order chi connectivity index (χ0) is 22.0. The Kier molecular flexibility index (Phi) is 5.71. The zero-order valence-electron chi connectivity index (χ0n) is 17.9. The number of amides is 2. The summed E-state index contributed by atoms with van der Waals surface area (Å²) in [5, 5.41) is 2.93. The van der Waals surface area contributed by atoms with Crippen molar-refractivity contribution >= 4 is 17.5 Å². The summed E-state index contributed by atoms with van der Waals surface area (Å²) in [6.45, 7) is 6.60. The molecule has 2 heterocycles. The second-order valence-corrected chi connectivity index (χ2v) is 7.82. The number of hydrogen-bond donors (Lipinski definition) is 1. The van der Waals surface area contributed by atoms with Gasteiger partial charge in [-0.15, -0.1) is 0 Å². The second kappa shape index (κ2) is 8.60. The molecular formula is C25H25N3O3. The Balaban J connectivity index is 1.37. The minimum atomic E-state index is -0.153. The number of carbonyl (C=O) groups excluding carboxylic acids is 2. The molecule has 0 aliphatic carbocycles. The van der Waals surface area contributed by atoms with E-state index in [1.165, 1.54) is 0 Å². The molecule has 6 nitrogen and oxygen atoms in total. The first-order chi connectivity index (χ1) is 14.9. The number of fused-ring (bicyclic) bond motifs is 1. The molecule has 4 rings (SSSR count). The Morgan fingerprint density at radius 1 is 1.10 bits per heavy atom. The summed E-state index contributed by atoms with van der Waals surface area (Å²) in [4.78, 5) is 30.3. The van der Waals surface area contributed by atoms with Crippen LogP contribution in [0.25, 0.3) is 0 Å². The standard InChI is InChI=1S/C25H25N3O3/c1-16-4-5-17(2)23(12-16)31-24-9-6-19(14-26-24)15-27-25(30)21-7-8-22-20(13-21)10-11-28(22)18(3)29/h4-9,12-14H,10-11,15H2,1-3H3,(H,27,30). The number of nitrogens with one attached hydrogen (secondary N) is 1. The molecule has 0 unspecified atom stereocenters. The molecule has 1 aromatic heterocycles. The van der Waals surface area contributed by atoms with Crippen molar-refractivity contribution in [2.24, 2.45) is 0 Å². The van der Waals surface area contributed by atoms with Gasteiger partial charge in [-0.1, -0.05) is 18.2 Å². The van der Waals surface area contributed by atoms with Crippen molar-refractivity contribution in [2.75, 3.05) is 11.4 Å². The Bertz CT molecular complexity index is 1140. The summed E-state index contributed by atoms with van der Waals surface area (Å²) < 4.78 is 5.88. The number of pyridine rings is 1. The first kappa shape index (κ1) is 20.6. The van der Waals surface area contributed by atoms with E-state index < -0.39 is 0 Å². The molecule has 0 fully saturated rings. The minimum Gasteiger partial charge on any atom is -0.439 e. The maximum Gasteiger partial charge on any atom is 0.251 e. The number of hydrogen-bond acceptors (Lipinski definition) is 4. The Hall–Kier alpha value is -3.67. The third-order valence-corrected chi connectivity index (χ3v) is 5.43. The van der Waals surface area contributed by atoms with Crippen LogP contribution in [0.5, 0.6) is 11.6 Å². The van der Waals surface area contributed by atoms with Gasteiger partial charge in [-0.3, -0.25) is 9.59 Å². The van der Waals surface area contributed by atoms with Crippen LogP contribution in [0.2, 0.25) is 0 Å². The van der Waals surface area contributed by atoms with Gasteiger partial charge >= 0.3 is 0 Å². The van der Waals surface area contributed by atoms with E-state index in [1.807, 2.05) is 50.2 Å². The SMILES string of the molecule is CC(=O)N1CCc2cc(C(=O)NCc3ccc(Oc4cc(C)ccc4C)nc3)ccc21. The minimum absolute atomic E-state index is 0.0217. The van der Waals surface area contributed by atoms with Crippen molar-refractivity contribution in [2.45, 2.75) is 33.7 Å². The lowest BCUT2D eigenvalue weighted by Crippen LogP contribution is -2.26. The number of anilines is 1. The summed E-state index contributed by atoms with van der Waals surface area (Å²) in [5.74, 6) is 1.17. The van der Waals surface area contributed by atoms with Gasteiger partial charge in [0.1, 0.15) is 5.75 Å². The molecule has 0 atom stereocenters. The van der Waals surface area contributed by atoms with Gasteiger partial charge in [0.05, 0.1) is 0 Å². The number of carbonyl (C=O) groups is 2. The molecule has 0 spiro atoms. The van der Waals surface area contributed by atoms with Crippen LogP contribution >= 0.6 is 0 Å². The number of rotatable bonds is 5. The third kappa shape index (κ3) is 4.58. The largest absolute Gasteiger partial charge is 0.439 e. The predicted octanol–water partition coefficient (Wildman–Crippen LogP) is 4.33. The fourth-order valence-electron chi connectivity index (χ4n) is 3.66. The van der Waals surface area contributed by atoms with Gasteiger partial charge in [-0.25, -0.2) is 4.98 Å². The smallest absolute Gasteiger partial charge is 0.251 e. The van der Waals surface area contributed by atoms with Crippen LogP contribution in [0, 0.1) is 13.8 Å². The maximum absolute atomic E-state index is 12.6. The molecule has 158 valence electrons. The number of aromatic nitrogens is 1. The van der Waals surface area contributed by atoms with Crippen LogP contribution < -0.4 is 15.0 Å². The van der Waals surface area contributed by atoms with Crippen LogP contribution in [0.3, 0.4) is 0 Å². The Morgan fingerprint density at radius 2 is 1.94 bits per heavy atom. The maximum atomic E-state index is 12.6. The van der Waals surface area contributed by atoms with Gasteiger partial charge in [0, 0.05) is 43.5 Å². The molecule has 31 heavy (non-hydrogen) atoms. The van der Waals surface area contributed by atoms with E-state index in [0.717, 1.165) is 40.1 Å². The Labute approximate surface area is 181 Å². The quantitative estimate of drug-likeness (QED) is 0.673. The highest BCUT2D eigenvalue weighted by Crippen LogP contribution is 2.29. The highest BCUT2D eigenvalue weighted by Gasteiger charge is 2.23. The van der Waals surface area contributed by atoms with Crippen LogP contribution in [-0.2, 0) is 17.8 Å². The Morgan fingerprint density at radius 3 is 2.68 bits per heavy atom. The molecule has 0 bridgehead atoms. The summed E-state index contributed by atoms with van der Waals surface area (Å²) in [6.07, 6.45) is 2.47. The summed E-state index contributed by atoms with van der Waals surface area (Å²) >= 11 is 0. The summed E-state index contributed by atoms with van der Waals surface area (Å²) in [7, 11) is 0. The second-order valence-electron chi connectivity index (χ2n) is 7.82. The first-order valence-electron chi connectivity index (χ1n) is 10.3. The molecule has 2 amide bonds. The van der Waals surface area contributed by atoms with Gasteiger partial charge < -0.3 is 15.0 Å². The van der Waals surface area contributed by atoms with E-state index in [0.29, 0.717) is 24.5 Å². The van der Waals surface area contributed by atoms with Crippen molar-refractivity contribution in [3.05, 3.63) is 82.5 Å². The van der Waals surface area contributed by atoms with Crippen molar-refractivity contribution < 1.29 is 14.3 Å². The molecule has 0 saturated heterocycles. The normalized spacial score (nSPS) is 12.4. The lowest BCUT2D eigenvalue weighted by molar-refractivity contribution is -0.116. The highest BCUT2D eigenvalue weighted by molar-refractivity contribution is 5.97.